The van der Waals surface area contributed by atoms with E-state index >= 15 is 0 Å². The lowest BCUT2D eigenvalue weighted by Gasteiger charge is -2.07. The smallest absolute Gasteiger partial charge is 0.311 e. The molecule has 0 radical (unpaired) electrons. The molecule has 0 aliphatic heterocycles. The minimum Gasteiger partial charge on any atom is -0.426 e. The monoisotopic (exact) mass is 212 g/mol. The molecule has 1 rings (SSSR count). The maximum atomic E-state index is 11.2. The molecule has 2 nitrogen and oxygen atoms in total. The Bertz CT molecular complexity index is 334. The molecule has 14 heavy (non-hydrogen) atoms. The van der Waals surface area contributed by atoms with Crippen LogP contribution in [0.1, 0.15) is 25.3 Å². The third-order valence-electron chi connectivity index (χ3n) is 1.90. The number of carbonyl (C=O) groups is 1. The van der Waals surface area contributed by atoms with Gasteiger partial charge in [0.15, 0.2) is 0 Å². The molecule has 0 aliphatic rings. The second kappa shape index (κ2) is 5.01. The number of halogens is 1. The molecule has 1 aromatic rings. The molecule has 3 heteroatoms. The molecule has 0 aliphatic carbocycles. The third-order valence-corrected chi connectivity index (χ3v) is 2.31. The second-order valence-corrected chi connectivity index (χ2v) is 3.49. The molecule has 0 saturated heterocycles. The van der Waals surface area contributed by atoms with Crippen molar-refractivity contribution in [3.05, 3.63) is 28.8 Å². The van der Waals surface area contributed by atoms with Gasteiger partial charge in [-0.3, -0.25) is 4.79 Å². The Labute approximate surface area is 88.8 Å². The normalized spacial score (nSPS) is 9.93. The number of hydrogen-bond acceptors (Lipinski definition) is 2. The first kappa shape index (κ1) is 11.1. The van der Waals surface area contributed by atoms with Gasteiger partial charge in [0.25, 0.3) is 0 Å². The van der Waals surface area contributed by atoms with Gasteiger partial charge in [-0.2, -0.15) is 0 Å². The zero-order valence-electron chi connectivity index (χ0n) is 8.34. The molecule has 0 unspecified atom stereocenters. The maximum Gasteiger partial charge on any atom is 0.311 e. The summed E-state index contributed by atoms with van der Waals surface area (Å²) in [4.78, 5) is 11.2. The Balaban J connectivity index is 2.76. The number of carbonyl (C=O) groups excluding carboxylic acids is 1. The lowest BCUT2D eigenvalue weighted by molar-refractivity contribution is -0.134. The maximum absolute atomic E-state index is 11.2. The van der Waals surface area contributed by atoms with Crippen molar-refractivity contribution in [3.63, 3.8) is 0 Å². The van der Waals surface area contributed by atoms with Crippen LogP contribution in [-0.4, -0.2) is 5.97 Å². The summed E-state index contributed by atoms with van der Waals surface area (Å²) in [5.74, 6) is 0.341. The summed E-state index contributed by atoms with van der Waals surface area (Å²) in [6.07, 6.45) is 1.23. The summed E-state index contributed by atoms with van der Waals surface area (Å²) < 4.78 is 5.14. The molecular weight excluding hydrogens is 200 g/mol. The zero-order chi connectivity index (χ0) is 10.6. The molecule has 76 valence electrons. The van der Waals surface area contributed by atoms with Gasteiger partial charge < -0.3 is 4.74 Å². The summed E-state index contributed by atoms with van der Waals surface area (Å²) in [6.45, 7) is 3.77. The number of rotatable bonds is 3. The molecule has 0 heterocycles. The van der Waals surface area contributed by atoms with Crippen LogP contribution in [0.2, 0.25) is 5.02 Å². The fourth-order valence-corrected chi connectivity index (χ4v) is 1.24. The van der Waals surface area contributed by atoms with Crippen LogP contribution < -0.4 is 4.74 Å². The number of hydrogen-bond donors (Lipinski definition) is 0. The van der Waals surface area contributed by atoms with E-state index in [-0.39, 0.29) is 5.97 Å². The summed E-state index contributed by atoms with van der Waals surface area (Å²) in [5, 5.41) is 0.617. The van der Waals surface area contributed by atoms with Crippen molar-refractivity contribution in [3.8, 4) is 5.75 Å². The van der Waals surface area contributed by atoms with Crippen LogP contribution in [-0.2, 0) is 4.79 Å². The van der Waals surface area contributed by atoms with E-state index < -0.39 is 0 Å². The van der Waals surface area contributed by atoms with Crippen molar-refractivity contribution in [2.75, 3.05) is 0 Å². The van der Waals surface area contributed by atoms with E-state index in [1.54, 1.807) is 18.2 Å². The van der Waals surface area contributed by atoms with Crippen LogP contribution in [0.3, 0.4) is 0 Å². The van der Waals surface area contributed by atoms with Crippen LogP contribution in [0.5, 0.6) is 5.75 Å². The van der Waals surface area contributed by atoms with E-state index in [9.17, 15) is 4.79 Å². The highest BCUT2D eigenvalue weighted by molar-refractivity contribution is 6.31. The largest absolute Gasteiger partial charge is 0.426 e. The number of benzene rings is 1. The highest BCUT2D eigenvalue weighted by Gasteiger charge is 2.07. The van der Waals surface area contributed by atoms with Crippen molar-refractivity contribution in [2.24, 2.45) is 0 Å². The van der Waals surface area contributed by atoms with Crippen molar-refractivity contribution in [1.82, 2.24) is 0 Å². The molecule has 0 aromatic heterocycles. The summed E-state index contributed by atoms with van der Waals surface area (Å²) >= 11 is 5.88. The summed E-state index contributed by atoms with van der Waals surface area (Å²) in [5.41, 5.74) is 0.804. The standard InChI is InChI=1S/C11H13ClO2/c1-3-5-11(13)14-10-7-4-6-9(12)8(10)2/h4,6-7H,3,5H2,1-2H3. The van der Waals surface area contributed by atoms with Crippen LogP contribution in [0.4, 0.5) is 0 Å². The Hall–Kier alpha value is -1.02. The minimum atomic E-state index is -0.210. The van der Waals surface area contributed by atoms with Crippen molar-refractivity contribution in [2.45, 2.75) is 26.7 Å². The van der Waals surface area contributed by atoms with Gasteiger partial charge in [0, 0.05) is 17.0 Å². The van der Waals surface area contributed by atoms with Gasteiger partial charge in [0.1, 0.15) is 5.75 Å². The van der Waals surface area contributed by atoms with E-state index in [0.29, 0.717) is 17.2 Å². The molecule has 0 fully saturated rings. The molecule has 0 amide bonds. The van der Waals surface area contributed by atoms with E-state index in [1.807, 2.05) is 13.8 Å². The molecule has 1 aromatic carbocycles. The summed E-state index contributed by atoms with van der Waals surface area (Å²) in [6, 6.07) is 5.28. The molecule has 0 bridgehead atoms. The first-order valence-electron chi connectivity index (χ1n) is 4.61. The number of ether oxygens (including phenoxy) is 1. The van der Waals surface area contributed by atoms with Gasteiger partial charge in [-0.05, 0) is 25.5 Å². The van der Waals surface area contributed by atoms with Crippen molar-refractivity contribution >= 4 is 17.6 Å². The zero-order valence-corrected chi connectivity index (χ0v) is 9.10. The van der Waals surface area contributed by atoms with Crippen LogP contribution in [0, 0.1) is 6.92 Å². The quantitative estimate of drug-likeness (QED) is 0.567. The fourth-order valence-electron chi connectivity index (χ4n) is 1.08. The van der Waals surface area contributed by atoms with Gasteiger partial charge in [0.05, 0.1) is 0 Å². The van der Waals surface area contributed by atoms with Crippen molar-refractivity contribution < 1.29 is 9.53 Å². The van der Waals surface area contributed by atoms with Gasteiger partial charge in [0.2, 0.25) is 0 Å². The predicted molar refractivity (Wildman–Crippen MR) is 56.7 cm³/mol. The van der Waals surface area contributed by atoms with E-state index in [1.165, 1.54) is 0 Å². The summed E-state index contributed by atoms with van der Waals surface area (Å²) in [7, 11) is 0. The van der Waals surface area contributed by atoms with Crippen LogP contribution >= 0.6 is 11.6 Å². The van der Waals surface area contributed by atoms with Crippen LogP contribution in [0.15, 0.2) is 18.2 Å². The van der Waals surface area contributed by atoms with Crippen LogP contribution in [0.25, 0.3) is 0 Å². The average molecular weight is 213 g/mol. The Morgan fingerprint density at radius 2 is 2.21 bits per heavy atom. The SMILES string of the molecule is CCCC(=O)Oc1cccc(Cl)c1C. The van der Waals surface area contributed by atoms with Gasteiger partial charge >= 0.3 is 5.97 Å². The second-order valence-electron chi connectivity index (χ2n) is 3.09. The van der Waals surface area contributed by atoms with E-state index in [4.69, 9.17) is 16.3 Å². The molecule has 0 atom stereocenters. The Kier molecular flexibility index (Phi) is 3.96. The lowest BCUT2D eigenvalue weighted by atomic mass is 10.2. The van der Waals surface area contributed by atoms with Crippen molar-refractivity contribution in [1.29, 1.82) is 0 Å². The first-order chi connectivity index (χ1) is 6.65. The number of esters is 1. The average Bonchev–Trinajstić information content (AvgIpc) is 2.13. The first-order valence-corrected chi connectivity index (χ1v) is 4.98. The minimum absolute atomic E-state index is 0.210. The molecule has 0 N–H and O–H groups in total. The third kappa shape index (κ3) is 2.74. The van der Waals surface area contributed by atoms with E-state index in [0.717, 1.165) is 12.0 Å². The Morgan fingerprint density at radius 3 is 2.86 bits per heavy atom. The Morgan fingerprint density at radius 1 is 1.50 bits per heavy atom. The van der Waals surface area contributed by atoms with Gasteiger partial charge in [-0.25, -0.2) is 0 Å². The molecule has 0 spiro atoms. The fraction of sp³-hybridized carbons (Fsp3) is 0.364. The van der Waals surface area contributed by atoms with E-state index in [2.05, 4.69) is 0 Å². The predicted octanol–water partition coefficient (Wildman–Crippen LogP) is 3.35. The highest BCUT2D eigenvalue weighted by atomic mass is 35.5. The highest BCUT2D eigenvalue weighted by Crippen LogP contribution is 2.25. The topological polar surface area (TPSA) is 26.3 Å². The molecular formula is C11H13ClO2. The lowest BCUT2D eigenvalue weighted by Crippen LogP contribution is -2.07. The molecule has 0 saturated carbocycles. The van der Waals surface area contributed by atoms with Gasteiger partial charge in [-0.1, -0.05) is 24.6 Å². The van der Waals surface area contributed by atoms with Gasteiger partial charge in [-0.15, -0.1) is 0 Å².